The van der Waals surface area contributed by atoms with Crippen molar-refractivity contribution in [1.82, 2.24) is 10.6 Å². The lowest BCUT2D eigenvalue weighted by Crippen LogP contribution is -2.31. The summed E-state index contributed by atoms with van der Waals surface area (Å²) >= 11 is 0. The topological polar surface area (TPSA) is 67.4 Å². The zero-order valence-electron chi connectivity index (χ0n) is 13.0. The second-order valence-corrected chi connectivity index (χ2v) is 5.14. The third-order valence-corrected chi connectivity index (χ3v) is 2.84. The molecule has 22 heavy (non-hydrogen) atoms. The molecule has 122 valence electrons. The van der Waals surface area contributed by atoms with Crippen molar-refractivity contribution in [2.24, 2.45) is 0 Å². The van der Waals surface area contributed by atoms with Crippen molar-refractivity contribution in [2.75, 3.05) is 19.7 Å². The number of rotatable bonds is 9. The minimum absolute atomic E-state index is 0.121. The van der Waals surface area contributed by atoms with E-state index in [1.807, 2.05) is 13.8 Å². The molecule has 0 unspecified atom stereocenters. The van der Waals surface area contributed by atoms with Crippen LogP contribution in [0.4, 0.5) is 4.39 Å². The van der Waals surface area contributed by atoms with Crippen LogP contribution in [0.25, 0.3) is 0 Å². The van der Waals surface area contributed by atoms with E-state index >= 15 is 0 Å². The minimum Gasteiger partial charge on any atom is -0.379 e. The summed E-state index contributed by atoms with van der Waals surface area (Å²) in [5, 5.41) is 5.38. The van der Waals surface area contributed by atoms with E-state index in [1.165, 1.54) is 24.3 Å². The lowest BCUT2D eigenvalue weighted by Gasteiger charge is -2.09. The van der Waals surface area contributed by atoms with Crippen molar-refractivity contribution < 1.29 is 18.7 Å². The Morgan fingerprint density at radius 2 is 1.82 bits per heavy atom. The average Bonchev–Trinajstić information content (AvgIpc) is 2.47. The molecule has 0 aromatic heterocycles. The predicted octanol–water partition coefficient (Wildman–Crippen LogP) is 1.88. The predicted molar refractivity (Wildman–Crippen MR) is 82.1 cm³/mol. The first-order valence-electron chi connectivity index (χ1n) is 7.41. The Hall–Kier alpha value is -1.95. The monoisotopic (exact) mass is 310 g/mol. The number of nitrogens with one attached hydrogen (secondary N) is 2. The molecule has 1 aromatic rings. The summed E-state index contributed by atoms with van der Waals surface area (Å²) < 4.78 is 18.1. The number of halogens is 1. The first-order valence-corrected chi connectivity index (χ1v) is 7.41. The molecule has 0 bridgehead atoms. The molecule has 0 aliphatic rings. The quantitative estimate of drug-likeness (QED) is 0.684. The van der Waals surface area contributed by atoms with Gasteiger partial charge in [-0.25, -0.2) is 4.39 Å². The molecule has 2 N–H and O–H groups in total. The van der Waals surface area contributed by atoms with Gasteiger partial charge in [-0.1, -0.05) is 0 Å². The van der Waals surface area contributed by atoms with Gasteiger partial charge in [-0.15, -0.1) is 0 Å². The number of carbonyl (C=O) groups excluding carboxylic acids is 2. The Bertz CT molecular complexity index is 475. The Morgan fingerprint density at radius 3 is 2.45 bits per heavy atom. The summed E-state index contributed by atoms with van der Waals surface area (Å²) in [6, 6.07) is 5.25. The minimum atomic E-state index is -0.391. The third kappa shape index (κ3) is 7.73. The van der Waals surface area contributed by atoms with Gasteiger partial charge in [-0.2, -0.15) is 0 Å². The van der Waals surface area contributed by atoms with Crippen LogP contribution in [0.5, 0.6) is 0 Å². The molecule has 2 amide bonds. The second kappa shape index (κ2) is 9.89. The van der Waals surface area contributed by atoms with Crippen LogP contribution in [0.1, 0.15) is 37.0 Å². The highest BCUT2D eigenvalue weighted by Crippen LogP contribution is 2.02. The maximum Gasteiger partial charge on any atom is 0.251 e. The summed E-state index contributed by atoms with van der Waals surface area (Å²) in [6.45, 7) is 5.33. The van der Waals surface area contributed by atoms with Gasteiger partial charge < -0.3 is 15.4 Å². The maximum absolute atomic E-state index is 12.7. The van der Waals surface area contributed by atoms with Crippen LogP contribution in [0.3, 0.4) is 0 Å². The van der Waals surface area contributed by atoms with E-state index in [-0.39, 0.29) is 30.9 Å². The standard InChI is InChI=1S/C16H23FN2O3/c1-12(2)22-11-3-9-18-15(20)8-10-19-16(21)13-4-6-14(17)7-5-13/h4-7,12H,3,8-11H2,1-2H3,(H,18,20)(H,19,21). The van der Waals surface area contributed by atoms with Crippen LogP contribution in [0, 0.1) is 5.82 Å². The van der Waals surface area contributed by atoms with Crippen molar-refractivity contribution in [3.05, 3.63) is 35.6 Å². The molecule has 1 aromatic carbocycles. The number of benzene rings is 1. The van der Waals surface area contributed by atoms with E-state index in [4.69, 9.17) is 4.74 Å². The summed E-state index contributed by atoms with van der Waals surface area (Å²) in [6.07, 6.45) is 1.15. The highest BCUT2D eigenvalue weighted by atomic mass is 19.1. The molecule has 0 saturated carbocycles. The smallest absolute Gasteiger partial charge is 0.251 e. The van der Waals surface area contributed by atoms with E-state index in [0.29, 0.717) is 18.7 Å². The molecule has 0 heterocycles. The molecule has 6 heteroatoms. The van der Waals surface area contributed by atoms with E-state index < -0.39 is 5.82 Å². The molecular formula is C16H23FN2O3. The van der Waals surface area contributed by atoms with Crippen molar-refractivity contribution in [1.29, 1.82) is 0 Å². The fourth-order valence-corrected chi connectivity index (χ4v) is 1.70. The number of hydrogen-bond acceptors (Lipinski definition) is 3. The molecule has 0 aliphatic carbocycles. The summed E-state index contributed by atoms with van der Waals surface area (Å²) in [4.78, 5) is 23.3. The highest BCUT2D eigenvalue weighted by molar-refractivity contribution is 5.94. The average molecular weight is 310 g/mol. The lowest BCUT2D eigenvalue weighted by atomic mass is 10.2. The van der Waals surface area contributed by atoms with Crippen LogP contribution < -0.4 is 10.6 Å². The van der Waals surface area contributed by atoms with E-state index in [2.05, 4.69) is 10.6 Å². The molecule has 0 spiro atoms. The third-order valence-electron chi connectivity index (χ3n) is 2.84. The second-order valence-electron chi connectivity index (χ2n) is 5.14. The largest absolute Gasteiger partial charge is 0.379 e. The number of ether oxygens (including phenoxy) is 1. The first kappa shape index (κ1) is 18.1. The van der Waals surface area contributed by atoms with Crippen molar-refractivity contribution in [3.8, 4) is 0 Å². The molecule has 1 rings (SSSR count). The van der Waals surface area contributed by atoms with Crippen LogP contribution in [-0.4, -0.2) is 37.6 Å². The van der Waals surface area contributed by atoms with Gasteiger partial charge in [0.05, 0.1) is 6.10 Å². The van der Waals surface area contributed by atoms with Gasteiger partial charge in [-0.05, 0) is 44.5 Å². The van der Waals surface area contributed by atoms with Crippen LogP contribution >= 0.6 is 0 Å². The SMILES string of the molecule is CC(C)OCCCNC(=O)CCNC(=O)c1ccc(F)cc1. The molecule has 0 atom stereocenters. The Balaban J connectivity index is 2.11. The molecule has 0 saturated heterocycles. The summed E-state index contributed by atoms with van der Waals surface area (Å²) in [5.74, 6) is -0.834. The molecule has 5 nitrogen and oxygen atoms in total. The molecule has 0 aliphatic heterocycles. The highest BCUT2D eigenvalue weighted by Gasteiger charge is 2.06. The molecular weight excluding hydrogens is 287 g/mol. The Morgan fingerprint density at radius 1 is 1.14 bits per heavy atom. The number of carbonyl (C=O) groups is 2. The first-order chi connectivity index (χ1) is 10.5. The van der Waals surface area contributed by atoms with Gasteiger partial charge in [0.25, 0.3) is 5.91 Å². The zero-order chi connectivity index (χ0) is 16.4. The van der Waals surface area contributed by atoms with Crippen LogP contribution in [0.15, 0.2) is 24.3 Å². The van der Waals surface area contributed by atoms with Gasteiger partial charge in [0.2, 0.25) is 5.91 Å². The lowest BCUT2D eigenvalue weighted by molar-refractivity contribution is -0.121. The van der Waals surface area contributed by atoms with E-state index in [1.54, 1.807) is 0 Å². The van der Waals surface area contributed by atoms with E-state index in [0.717, 1.165) is 6.42 Å². The summed E-state index contributed by atoms with van der Waals surface area (Å²) in [7, 11) is 0. The molecule has 0 radical (unpaired) electrons. The Kier molecular flexibility index (Phi) is 8.14. The van der Waals surface area contributed by atoms with E-state index in [9.17, 15) is 14.0 Å². The van der Waals surface area contributed by atoms with Crippen LogP contribution in [-0.2, 0) is 9.53 Å². The normalized spacial score (nSPS) is 10.5. The number of hydrogen-bond donors (Lipinski definition) is 2. The fourth-order valence-electron chi connectivity index (χ4n) is 1.70. The van der Waals surface area contributed by atoms with Crippen molar-refractivity contribution >= 4 is 11.8 Å². The van der Waals surface area contributed by atoms with Gasteiger partial charge in [0.1, 0.15) is 5.82 Å². The Labute approximate surface area is 130 Å². The van der Waals surface area contributed by atoms with Crippen molar-refractivity contribution in [2.45, 2.75) is 32.8 Å². The molecule has 0 fully saturated rings. The fraction of sp³-hybridized carbons (Fsp3) is 0.500. The zero-order valence-corrected chi connectivity index (χ0v) is 13.0. The van der Waals surface area contributed by atoms with Gasteiger partial charge >= 0.3 is 0 Å². The van der Waals surface area contributed by atoms with Gasteiger partial charge in [-0.3, -0.25) is 9.59 Å². The maximum atomic E-state index is 12.7. The number of amides is 2. The summed E-state index contributed by atoms with van der Waals surface area (Å²) in [5.41, 5.74) is 0.368. The van der Waals surface area contributed by atoms with Gasteiger partial charge in [0, 0.05) is 31.7 Å². The van der Waals surface area contributed by atoms with Crippen molar-refractivity contribution in [3.63, 3.8) is 0 Å². The van der Waals surface area contributed by atoms with Gasteiger partial charge in [0.15, 0.2) is 0 Å². The van der Waals surface area contributed by atoms with Crippen LogP contribution in [0.2, 0.25) is 0 Å².